The molecule has 132 valence electrons. The van der Waals surface area contributed by atoms with Gasteiger partial charge in [0.25, 0.3) is 0 Å². The van der Waals surface area contributed by atoms with Crippen molar-refractivity contribution in [2.45, 2.75) is 6.92 Å². The predicted octanol–water partition coefficient (Wildman–Crippen LogP) is 5.15. The van der Waals surface area contributed by atoms with Gasteiger partial charge >= 0.3 is 5.95 Å². The molecule has 0 atom stereocenters. The summed E-state index contributed by atoms with van der Waals surface area (Å²) in [4.78, 5) is 20.0. The van der Waals surface area contributed by atoms with Crippen LogP contribution in [-0.4, -0.2) is 22.1 Å². The third-order valence-electron chi connectivity index (χ3n) is 4.26. The van der Waals surface area contributed by atoms with Crippen LogP contribution in [0.5, 0.6) is 5.95 Å². The number of fused-ring (bicyclic) bond motifs is 1. The number of benzene rings is 3. The Hall–Kier alpha value is -3.73. The van der Waals surface area contributed by atoms with Crippen molar-refractivity contribution in [3.8, 4) is 17.4 Å². The lowest BCUT2D eigenvalue weighted by Crippen LogP contribution is -1.89. The molecule has 1 aromatic heterocycles. The molecular weight excluding hydrogens is 340 g/mol. The summed E-state index contributed by atoms with van der Waals surface area (Å²) < 4.78 is 5.46. The molecule has 0 spiro atoms. The third-order valence-corrected chi connectivity index (χ3v) is 4.26. The number of aliphatic imine (C=N–C) groups is 1. The van der Waals surface area contributed by atoms with Crippen molar-refractivity contribution in [1.29, 1.82) is 0 Å². The highest BCUT2D eigenvalue weighted by molar-refractivity contribution is 5.96. The normalized spacial score (nSPS) is 11.3. The zero-order valence-corrected chi connectivity index (χ0v) is 14.6. The largest absolute Gasteiger partial charge is 0.479 e. The van der Waals surface area contributed by atoms with Crippen molar-refractivity contribution in [3.63, 3.8) is 0 Å². The van der Waals surface area contributed by atoms with E-state index in [4.69, 9.17) is 4.42 Å². The number of oxazole rings is 1. The number of aromatic nitrogens is 1. The van der Waals surface area contributed by atoms with Gasteiger partial charge in [0.05, 0.1) is 11.9 Å². The molecule has 4 aromatic rings. The predicted molar refractivity (Wildman–Crippen MR) is 105 cm³/mol. The lowest BCUT2D eigenvalue weighted by Gasteiger charge is -2.01. The SMILES string of the molecule is CC(=O)c1ccc(N=Cc2nc(-c3cccc4ccccc34)oc2O)cc1. The number of ketones is 1. The maximum Gasteiger partial charge on any atom is 0.312 e. The molecule has 3 aromatic carbocycles. The number of hydrogen-bond donors (Lipinski definition) is 1. The summed E-state index contributed by atoms with van der Waals surface area (Å²) in [7, 11) is 0. The molecule has 0 aliphatic heterocycles. The van der Waals surface area contributed by atoms with Gasteiger partial charge in [-0.1, -0.05) is 36.4 Å². The Kier molecular flexibility index (Phi) is 4.26. The minimum Gasteiger partial charge on any atom is -0.479 e. The topological polar surface area (TPSA) is 75.7 Å². The van der Waals surface area contributed by atoms with Crippen molar-refractivity contribution < 1.29 is 14.3 Å². The Balaban J connectivity index is 1.66. The van der Waals surface area contributed by atoms with E-state index in [0.29, 0.717) is 17.1 Å². The summed E-state index contributed by atoms with van der Waals surface area (Å²) >= 11 is 0. The highest BCUT2D eigenvalue weighted by Crippen LogP contribution is 2.31. The van der Waals surface area contributed by atoms with Gasteiger partial charge in [0.2, 0.25) is 5.89 Å². The molecule has 1 heterocycles. The van der Waals surface area contributed by atoms with Gasteiger partial charge in [0.1, 0.15) is 0 Å². The number of carbonyl (C=O) groups excluding carboxylic acids is 1. The number of hydrogen-bond acceptors (Lipinski definition) is 5. The van der Waals surface area contributed by atoms with Crippen molar-refractivity contribution in [2.24, 2.45) is 4.99 Å². The molecule has 0 saturated carbocycles. The Morgan fingerprint density at radius 2 is 1.78 bits per heavy atom. The zero-order valence-electron chi connectivity index (χ0n) is 14.6. The number of Topliss-reactive ketones (excluding diaryl/α,β-unsaturated/α-hetero) is 1. The van der Waals surface area contributed by atoms with Crippen LogP contribution in [0.15, 0.2) is 76.1 Å². The summed E-state index contributed by atoms with van der Waals surface area (Å²) in [5.74, 6) is 0.0409. The molecule has 27 heavy (non-hydrogen) atoms. The second kappa shape index (κ2) is 6.88. The van der Waals surface area contributed by atoms with Gasteiger partial charge in [-0.25, -0.2) is 4.98 Å². The van der Waals surface area contributed by atoms with E-state index in [1.165, 1.54) is 13.1 Å². The molecule has 4 rings (SSSR count). The van der Waals surface area contributed by atoms with E-state index in [1.807, 2.05) is 42.5 Å². The summed E-state index contributed by atoms with van der Waals surface area (Å²) in [5, 5.41) is 12.1. The first kappa shape index (κ1) is 16.7. The lowest BCUT2D eigenvalue weighted by molar-refractivity contribution is 0.101. The van der Waals surface area contributed by atoms with Crippen molar-refractivity contribution in [1.82, 2.24) is 4.98 Å². The van der Waals surface area contributed by atoms with Crippen molar-refractivity contribution >= 4 is 28.5 Å². The van der Waals surface area contributed by atoms with Crippen LogP contribution in [0.2, 0.25) is 0 Å². The van der Waals surface area contributed by atoms with Gasteiger partial charge in [-0.15, -0.1) is 0 Å². The van der Waals surface area contributed by atoms with Crippen LogP contribution in [0, 0.1) is 0 Å². The average molecular weight is 356 g/mol. The molecule has 0 unspecified atom stereocenters. The molecule has 0 bridgehead atoms. The standard InChI is InChI=1S/C22H16N2O3/c1-14(25)15-9-11-17(12-10-15)23-13-20-22(26)27-21(24-20)19-8-4-6-16-5-2-3-7-18(16)19/h2-13,26H,1H3. The molecule has 0 saturated heterocycles. The monoisotopic (exact) mass is 356 g/mol. The fourth-order valence-corrected chi connectivity index (χ4v) is 2.85. The maximum absolute atomic E-state index is 11.3. The molecule has 0 aliphatic carbocycles. The van der Waals surface area contributed by atoms with Gasteiger partial charge in [0.15, 0.2) is 11.5 Å². The summed E-state index contributed by atoms with van der Waals surface area (Å²) in [6.45, 7) is 1.51. The average Bonchev–Trinajstić information content (AvgIpc) is 3.06. The maximum atomic E-state index is 11.3. The molecule has 0 aliphatic rings. The third kappa shape index (κ3) is 3.35. The lowest BCUT2D eigenvalue weighted by atomic mass is 10.0. The second-order valence-corrected chi connectivity index (χ2v) is 6.10. The first-order valence-electron chi connectivity index (χ1n) is 8.45. The Labute approximate surface area is 155 Å². The number of nitrogens with zero attached hydrogens (tertiary/aromatic N) is 2. The Morgan fingerprint density at radius 1 is 1.04 bits per heavy atom. The summed E-state index contributed by atoms with van der Waals surface area (Å²) in [6, 6.07) is 20.6. The van der Waals surface area contributed by atoms with Gasteiger partial charge in [-0.3, -0.25) is 9.79 Å². The highest BCUT2D eigenvalue weighted by Gasteiger charge is 2.14. The van der Waals surface area contributed by atoms with E-state index in [0.717, 1.165) is 16.3 Å². The van der Waals surface area contributed by atoms with E-state index in [1.54, 1.807) is 24.3 Å². The minimum atomic E-state index is -0.290. The zero-order chi connectivity index (χ0) is 18.8. The minimum absolute atomic E-state index is 0.000551. The first-order valence-corrected chi connectivity index (χ1v) is 8.45. The quantitative estimate of drug-likeness (QED) is 0.405. The molecule has 5 heteroatoms. The van der Waals surface area contributed by atoms with Gasteiger partial charge in [-0.2, -0.15) is 0 Å². The molecule has 5 nitrogen and oxygen atoms in total. The van der Waals surface area contributed by atoms with Gasteiger partial charge < -0.3 is 9.52 Å². The Morgan fingerprint density at radius 3 is 2.56 bits per heavy atom. The van der Waals surface area contributed by atoms with Crippen LogP contribution in [0.3, 0.4) is 0 Å². The van der Waals surface area contributed by atoms with Crippen LogP contribution in [0.1, 0.15) is 23.0 Å². The first-order chi connectivity index (χ1) is 13.1. The van der Waals surface area contributed by atoms with E-state index < -0.39 is 0 Å². The van der Waals surface area contributed by atoms with Crippen LogP contribution in [0.4, 0.5) is 5.69 Å². The summed E-state index contributed by atoms with van der Waals surface area (Å²) in [5.41, 5.74) is 2.31. The van der Waals surface area contributed by atoms with Gasteiger partial charge in [0, 0.05) is 11.1 Å². The van der Waals surface area contributed by atoms with Crippen LogP contribution < -0.4 is 0 Å². The molecule has 0 fully saturated rings. The Bertz CT molecular complexity index is 1150. The van der Waals surface area contributed by atoms with E-state index in [9.17, 15) is 9.90 Å². The van der Waals surface area contributed by atoms with Gasteiger partial charge in [-0.05, 0) is 48.0 Å². The van der Waals surface area contributed by atoms with E-state index in [-0.39, 0.29) is 17.4 Å². The van der Waals surface area contributed by atoms with Crippen LogP contribution in [-0.2, 0) is 0 Å². The molecule has 0 radical (unpaired) electrons. The fraction of sp³-hybridized carbons (Fsp3) is 0.0455. The fourth-order valence-electron chi connectivity index (χ4n) is 2.85. The molecule has 0 amide bonds. The number of aromatic hydroxyl groups is 1. The summed E-state index contributed by atoms with van der Waals surface area (Å²) in [6.07, 6.45) is 1.44. The molecule has 1 N–H and O–H groups in total. The van der Waals surface area contributed by atoms with Crippen molar-refractivity contribution in [2.75, 3.05) is 0 Å². The molecular formula is C22H16N2O3. The van der Waals surface area contributed by atoms with E-state index in [2.05, 4.69) is 9.98 Å². The second-order valence-electron chi connectivity index (χ2n) is 6.10. The smallest absolute Gasteiger partial charge is 0.312 e. The number of rotatable bonds is 4. The number of carbonyl (C=O) groups is 1. The highest BCUT2D eigenvalue weighted by atomic mass is 16.5. The van der Waals surface area contributed by atoms with E-state index >= 15 is 0 Å². The van der Waals surface area contributed by atoms with Crippen molar-refractivity contribution in [3.05, 3.63) is 78.0 Å². The van der Waals surface area contributed by atoms with Crippen LogP contribution >= 0.6 is 0 Å². The van der Waals surface area contributed by atoms with Crippen LogP contribution in [0.25, 0.3) is 22.2 Å².